The summed E-state index contributed by atoms with van der Waals surface area (Å²) in [6.45, 7) is 1.92. The monoisotopic (exact) mass is 445 g/mol. The zero-order valence-electron chi connectivity index (χ0n) is 17.7. The summed E-state index contributed by atoms with van der Waals surface area (Å²) in [6, 6.07) is 18.8. The number of ether oxygens (including phenoxy) is 1. The first-order chi connectivity index (χ1) is 15.9. The Labute approximate surface area is 189 Å². The quantitative estimate of drug-likeness (QED) is 0.268. The van der Waals surface area contributed by atoms with E-state index in [0.29, 0.717) is 22.4 Å². The topological polar surface area (TPSA) is 83.9 Å². The zero-order valence-corrected chi connectivity index (χ0v) is 17.7. The zero-order chi connectivity index (χ0) is 23.5. The van der Waals surface area contributed by atoms with Crippen molar-refractivity contribution >= 4 is 29.1 Å². The van der Waals surface area contributed by atoms with Crippen molar-refractivity contribution in [3.63, 3.8) is 0 Å². The van der Waals surface area contributed by atoms with Gasteiger partial charge in [-0.05, 0) is 48.9 Å². The number of carbonyl (C=O) groups excluding carboxylic acids is 3. The molecule has 4 rings (SSSR count). The van der Waals surface area contributed by atoms with Gasteiger partial charge < -0.3 is 9.84 Å². The Morgan fingerprint density at radius 1 is 0.939 bits per heavy atom. The number of nitrogens with zero attached hydrogens (tertiary/aromatic N) is 1. The first-order valence-electron chi connectivity index (χ1n) is 10.3. The molecule has 0 saturated carbocycles. The van der Waals surface area contributed by atoms with Crippen molar-refractivity contribution < 1.29 is 28.6 Å². The summed E-state index contributed by atoms with van der Waals surface area (Å²) in [6.07, 6.45) is 0. The predicted octanol–water partition coefficient (Wildman–Crippen LogP) is 4.63. The van der Waals surface area contributed by atoms with Gasteiger partial charge in [-0.15, -0.1) is 0 Å². The summed E-state index contributed by atoms with van der Waals surface area (Å²) in [5.41, 5.74) is 1.35. The second-order valence-corrected chi connectivity index (χ2v) is 7.35. The van der Waals surface area contributed by atoms with Crippen molar-refractivity contribution in [2.24, 2.45) is 0 Å². The number of amides is 1. The van der Waals surface area contributed by atoms with Crippen LogP contribution in [-0.4, -0.2) is 29.4 Å². The number of anilines is 1. The highest BCUT2D eigenvalue weighted by Crippen LogP contribution is 2.42. The van der Waals surface area contributed by atoms with Crippen LogP contribution in [0.15, 0.2) is 84.4 Å². The average molecular weight is 445 g/mol. The van der Waals surface area contributed by atoms with Crippen molar-refractivity contribution in [2.45, 2.75) is 13.0 Å². The lowest BCUT2D eigenvalue weighted by Crippen LogP contribution is -2.29. The highest BCUT2D eigenvalue weighted by molar-refractivity contribution is 6.51. The van der Waals surface area contributed by atoms with E-state index in [1.807, 2.05) is 0 Å². The maximum atomic E-state index is 13.6. The van der Waals surface area contributed by atoms with E-state index in [2.05, 4.69) is 0 Å². The van der Waals surface area contributed by atoms with Gasteiger partial charge in [0, 0.05) is 11.3 Å². The van der Waals surface area contributed by atoms with Gasteiger partial charge in [0.25, 0.3) is 11.7 Å². The number of Topliss-reactive ketones (excluding diaryl/α,β-unsaturated/α-hetero) is 1. The number of aliphatic hydroxyl groups is 1. The summed E-state index contributed by atoms with van der Waals surface area (Å²) >= 11 is 0. The SMILES string of the molecule is CCOC(=O)c1ccc(N2C(=O)C(=O)/C(=C(\O)c3ccccc3)C2c2ccc(F)cc2)cc1. The van der Waals surface area contributed by atoms with Crippen LogP contribution < -0.4 is 4.90 Å². The minimum atomic E-state index is -0.987. The Morgan fingerprint density at radius 2 is 1.58 bits per heavy atom. The van der Waals surface area contributed by atoms with Crippen LogP contribution in [0.25, 0.3) is 5.76 Å². The van der Waals surface area contributed by atoms with Gasteiger partial charge in [-0.25, -0.2) is 9.18 Å². The molecule has 0 bridgehead atoms. The first kappa shape index (κ1) is 22.0. The summed E-state index contributed by atoms with van der Waals surface area (Å²) in [5.74, 6) is -3.01. The minimum absolute atomic E-state index is 0.104. The van der Waals surface area contributed by atoms with Crippen molar-refractivity contribution in [3.05, 3.63) is 107 Å². The second kappa shape index (κ2) is 9.08. The average Bonchev–Trinajstić information content (AvgIpc) is 3.10. The van der Waals surface area contributed by atoms with E-state index >= 15 is 0 Å². The molecule has 6 nitrogen and oxygen atoms in total. The fraction of sp³-hybridized carbons (Fsp3) is 0.115. The van der Waals surface area contributed by atoms with Crippen LogP contribution in [0.1, 0.15) is 34.5 Å². The maximum Gasteiger partial charge on any atom is 0.338 e. The molecular weight excluding hydrogens is 425 g/mol. The standard InChI is InChI=1S/C26H20FNO5/c1-2-33-26(32)18-10-14-20(15-11-18)28-22(16-8-12-19(27)13-9-16)21(24(30)25(28)31)23(29)17-6-4-3-5-7-17/h3-15,22,29H,2H2,1H3/b23-21-. The Kier molecular flexibility index (Phi) is 6.04. The molecule has 1 heterocycles. The number of rotatable bonds is 5. The molecule has 0 aromatic heterocycles. The molecule has 7 heteroatoms. The Morgan fingerprint density at radius 3 is 2.18 bits per heavy atom. The number of carbonyl (C=O) groups is 3. The van der Waals surface area contributed by atoms with E-state index in [4.69, 9.17) is 4.74 Å². The predicted molar refractivity (Wildman–Crippen MR) is 120 cm³/mol. The van der Waals surface area contributed by atoms with Gasteiger partial charge in [0.2, 0.25) is 0 Å². The molecule has 1 aliphatic rings. The smallest absolute Gasteiger partial charge is 0.338 e. The molecule has 166 valence electrons. The molecule has 1 N–H and O–H groups in total. The van der Waals surface area contributed by atoms with Gasteiger partial charge in [-0.3, -0.25) is 14.5 Å². The molecule has 33 heavy (non-hydrogen) atoms. The number of aliphatic hydroxyl groups excluding tert-OH is 1. The number of esters is 1. The summed E-state index contributed by atoms with van der Waals surface area (Å²) in [5, 5.41) is 11.0. The molecule has 1 saturated heterocycles. The van der Waals surface area contributed by atoms with Gasteiger partial charge in [0.05, 0.1) is 23.8 Å². The lowest BCUT2D eigenvalue weighted by atomic mass is 9.95. The van der Waals surface area contributed by atoms with E-state index in [9.17, 15) is 23.9 Å². The second-order valence-electron chi connectivity index (χ2n) is 7.35. The van der Waals surface area contributed by atoms with Gasteiger partial charge in [0.15, 0.2) is 0 Å². The van der Waals surface area contributed by atoms with Crippen LogP contribution in [0.2, 0.25) is 0 Å². The fourth-order valence-electron chi connectivity index (χ4n) is 3.78. The number of ketones is 1. The van der Waals surface area contributed by atoms with Crippen molar-refractivity contribution in [3.8, 4) is 0 Å². The minimum Gasteiger partial charge on any atom is -0.507 e. The Hall–Kier alpha value is -4.26. The van der Waals surface area contributed by atoms with Crippen LogP contribution in [0.4, 0.5) is 10.1 Å². The van der Waals surface area contributed by atoms with Gasteiger partial charge >= 0.3 is 5.97 Å². The van der Waals surface area contributed by atoms with Crippen LogP contribution in [0, 0.1) is 5.82 Å². The van der Waals surface area contributed by atoms with Crippen molar-refractivity contribution in [1.29, 1.82) is 0 Å². The highest BCUT2D eigenvalue weighted by atomic mass is 19.1. The molecule has 1 amide bonds. The summed E-state index contributed by atoms with van der Waals surface area (Å²) < 4.78 is 18.6. The third kappa shape index (κ3) is 4.13. The van der Waals surface area contributed by atoms with E-state index in [-0.39, 0.29) is 17.9 Å². The molecule has 1 aliphatic heterocycles. The summed E-state index contributed by atoms with van der Waals surface area (Å²) in [7, 11) is 0. The van der Waals surface area contributed by atoms with Crippen molar-refractivity contribution in [1.82, 2.24) is 0 Å². The maximum absolute atomic E-state index is 13.6. The Balaban J connectivity index is 1.85. The lowest BCUT2D eigenvalue weighted by molar-refractivity contribution is -0.132. The van der Waals surface area contributed by atoms with Crippen LogP contribution in [0.5, 0.6) is 0 Å². The van der Waals surface area contributed by atoms with Gasteiger partial charge in [-0.2, -0.15) is 0 Å². The van der Waals surface area contributed by atoms with E-state index in [1.54, 1.807) is 37.3 Å². The molecule has 3 aromatic rings. The molecule has 3 aromatic carbocycles. The molecule has 0 spiro atoms. The van der Waals surface area contributed by atoms with Crippen LogP contribution in [0.3, 0.4) is 0 Å². The number of hydrogen-bond acceptors (Lipinski definition) is 5. The van der Waals surface area contributed by atoms with E-state index in [0.717, 1.165) is 0 Å². The summed E-state index contributed by atoms with van der Waals surface area (Å²) in [4.78, 5) is 39.4. The molecule has 1 atom stereocenters. The third-order valence-corrected chi connectivity index (χ3v) is 5.33. The number of hydrogen-bond donors (Lipinski definition) is 1. The Bertz CT molecular complexity index is 1230. The van der Waals surface area contributed by atoms with Gasteiger partial charge in [0.1, 0.15) is 11.6 Å². The molecule has 1 unspecified atom stereocenters. The molecule has 1 fully saturated rings. The number of halogens is 1. The lowest BCUT2D eigenvalue weighted by Gasteiger charge is -2.25. The highest BCUT2D eigenvalue weighted by Gasteiger charge is 2.47. The first-order valence-corrected chi connectivity index (χ1v) is 10.3. The van der Waals surface area contributed by atoms with Crippen molar-refractivity contribution in [2.75, 3.05) is 11.5 Å². The normalized spacial score (nSPS) is 17.3. The van der Waals surface area contributed by atoms with Crippen LogP contribution in [-0.2, 0) is 14.3 Å². The largest absolute Gasteiger partial charge is 0.507 e. The van der Waals surface area contributed by atoms with Gasteiger partial charge in [-0.1, -0.05) is 42.5 Å². The third-order valence-electron chi connectivity index (χ3n) is 5.33. The fourth-order valence-corrected chi connectivity index (χ4v) is 3.78. The van der Waals surface area contributed by atoms with E-state index < -0.39 is 29.5 Å². The van der Waals surface area contributed by atoms with Crippen LogP contribution >= 0.6 is 0 Å². The van der Waals surface area contributed by atoms with E-state index in [1.165, 1.54) is 53.4 Å². The molecular formula is C26H20FNO5. The number of benzene rings is 3. The molecule has 0 radical (unpaired) electrons. The molecule has 0 aliphatic carbocycles.